The Labute approximate surface area is 128 Å². The minimum atomic E-state index is -3.54. The van der Waals surface area contributed by atoms with E-state index in [0.29, 0.717) is 29.9 Å². The van der Waals surface area contributed by atoms with Gasteiger partial charge in [-0.05, 0) is 52.4 Å². The number of hydrogen-bond acceptors (Lipinski definition) is 4. The lowest BCUT2D eigenvalue weighted by Gasteiger charge is -2.33. The fraction of sp³-hybridized carbons (Fsp3) is 0.538. The van der Waals surface area contributed by atoms with E-state index in [-0.39, 0.29) is 10.3 Å². The Morgan fingerprint density at radius 3 is 2.65 bits per heavy atom. The van der Waals surface area contributed by atoms with Crippen LogP contribution in [-0.4, -0.2) is 28.2 Å². The van der Waals surface area contributed by atoms with E-state index in [9.17, 15) is 8.42 Å². The van der Waals surface area contributed by atoms with Crippen LogP contribution in [0.1, 0.15) is 19.8 Å². The first-order chi connectivity index (χ1) is 9.32. The predicted molar refractivity (Wildman–Crippen MR) is 81.9 cm³/mol. The standard InChI is InChI=1S/C13H19BrN2O3S/c1-13(4-6-19-7-5-13)9-16-20(17,18)12-3-2-10(15)8-11(12)14/h2-3,8,16H,4-7,9,15H2,1H3. The van der Waals surface area contributed by atoms with Gasteiger partial charge in [0.05, 0.1) is 4.90 Å². The molecule has 3 N–H and O–H groups in total. The van der Waals surface area contributed by atoms with Gasteiger partial charge in [-0.1, -0.05) is 6.92 Å². The smallest absolute Gasteiger partial charge is 0.241 e. The second kappa shape index (κ2) is 6.01. The van der Waals surface area contributed by atoms with Gasteiger partial charge >= 0.3 is 0 Å². The number of ether oxygens (including phenoxy) is 1. The van der Waals surface area contributed by atoms with E-state index in [1.165, 1.54) is 6.07 Å². The fourth-order valence-corrected chi connectivity index (χ4v) is 4.42. The minimum absolute atomic E-state index is 0.0500. The second-order valence-electron chi connectivity index (χ2n) is 5.44. The van der Waals surface area contributed by atoms with Crippen molar-refractivity contribution in [2.75, 3.05) is 25.5 Å². The summed E-state index contributed by atoms with van der Waals surface area (Å²) in [6.45, 7) is 3.86. The highest BCUT2D eigenvalue weighted by atomic mass is 79.9. The molecule has 0 bridgehead atoms. The van der Waals surface area contributed by atoms with Gasteiger partial charge in [-0.2, -0.15) is 0 Å². The van der Waals surface area contributed by atoms with Gasteiger partial charge in [-0.15, -0.1) is 0 Å². The molecule has 0 aromatic heterocycles. The first kappa shape index (κ1) is 15.8. The summed E-state index contributed by atoms with van der Waals surface area (Å²) in [6, 6.07) is 4.67. The average molecular weight is 363 g/mol. The van der Waals surface area contributed by atoms with Crippen molar-refractivity contribution in [3.05, 3.63) is 22.7 Å². The number of hydrogen-bond donors (Lipinski definition) is 2. The lowest BCUT2D eigenvalue weighted by Crippen LogP contribution is -2.39. The lowest BCUT2D eigenvalue weighted by atomic mass is 9.83. The molecular weight excluding hydrogens is 344 g/mol. The molecule has 20 heavy (non-hydrogen) atoms. The Morgan fingerprint density at radius 2 is 2.05 bits per heavy atom. The third kappa shape index (κ3) is 3.72. The minimum Gasteiger partial charge on any atom is -0.399 e. The van der Waals surface area contributed by atoms with Crippen molar-refractivity contribution < 1.29 is 13.2 Å². The highest BCUT2D eigenvalue weighted by Crippen LogP contribution is 2.30. The Hall–Kier alpha value is -0.630. The highest BCUT2D eigenvalue weighted by Gasteiger charge is 2.29. The molecule has 1 saturated heterocycles. The van der Waals surface area contributed by atoms with E-state index >= 15 is 0 Å². The SMILES string of the molecule is CC1(CNS(=O)(=O)c2ccc(N)cc2Br)CCOCC1. The van der Waals surface area contributed by atoms with Gasteiger partial charge in [0.25, 0.3) is 0 Å². The summed E-state index contributed by atoms with van der Waals surface area (Å²) in [5.74, 6) is 0. The topological polar surface area (TPSA) is 81.4 Å². The van der Waals surface area contributed by atoms with Crippen molar-refractivity contribution in [2.45, 2.75) is 24.7 Å². The highest BCUT2D eigenvalue weighted by molar-refractivity contribution is 9.10. The maximum atomic E-state index is 12.3. The summed E-state index contributed by atoms with van der Waals surface area (Å²) in [5, 5.41) is 0. The molecule has 1 fully saturated rings. The van der Waals surface area contributed by atoms with Crippen molar-refractivity contribution in [1.29, 1.82) is 0 Å². The number of halogens is 1. The molecule has 7 heteroatoms. The summed E-state index contributed by atoms with van der Waals surface area (Å²) in [6.07, 6.45) is 1.72. The molecular formula is C13H19BrN2O3S. The fourth-order valence-electron chi connectivity index (χ4n) is 2.12. The number of anilines is 1. The molecule has 1 aromatic carbocycles. The quantitative estimate of drug-likeness (QED) is 0.803. The Bertz CT molecular complexity index is 583. The molecule has 1 aliphatic rings. The first-order valence-electron chi connectivity index (χ1n) is 6.45. The Balaban J connectivity index is 2.11. The molecule has 0 amide bonds. The molecule has 1 heterocycles. The average Bonchev–Trinajstić information content (AvgIpc) is 2.37. The molecule has 0 unspecified atom stereocenters. The molecule has 5 nitrogen and oxygen atoms in total. The summed E-state index contributed by atoms with van der Waals surface area (Å²) < 4.78 is 33.2. The largest absolute Gasteiger partial charge is 0.399 e. The maximum absolute atomic E-state index is 12.3. The molecule has 0 aliphatic carbocycles. The van der Waals surface area contributed by atoms with E-state index in [2.05, 4.69) is 27.6 Å². The number of nitrogen functional groups attached to an aromatic ring is 1. The normalized spacial score (nSPS) is 18.9. The van der Waals surface area contributed by atoms with Crippen LogP contribution in [0.15, 0.2) is 27.6 Å². The van der Waals surface area contributed by atoms with Crippen molar-refractivity contribution >= 4 is 31.6 Å². The van der Waals surface area contributed by atoms with Crippen LogP contribution in [0, 0.1) is 5.41 Å². The second-order valence-corrected chi connectivity index (χ2v) is 8.03. The Kier molecular flexibility index (Phi) is 4.73. The van der Waals surface area contributed by atoms with E-state index in [0.717, 1.165) is 12.8 Å². The zero-order chi connectivity index (χ0) is 14.8. The lowest BCUT2D eigenvalue weighted by molar-refractivity contribution is 0.0264. The van der Waals surface area contributed by atoms with E-state index < -0.39 is 10.0 Å². The van der Waals surface area contributed by atoms with Gasteiger partial charge in [0.1, 0.15) is 0 Å². The maximum Gasteiger partial charge on any atom is 0.241 e. The molecule has 0 saturated carbocycles. The van der Waals surface area contributed by atoms with Crippen molar-refractivity contribution in [3.63, 3.8) is 0 Å². The molecule has 1 aromatic rings. The van der Waals surface area contributed by atoms with Crippen molar-refractivity contribution in [3.8, 4) is 0 Å². The van der Waals surface area contributed by atoms with Crippen LogP contribution >= 0.6 is 15.9 Å². The van der Waals surface area contributed by atoms with Crippen LogP contribution in [0.2, 0.25) is 0 Å². The Morgan fingerprint density at radius 1 is 1.40 bits per heavy atom. The van der Waals surface area contributed by atoms with E-state index in [4.69, 9.17) is 10.5 Å². The summed E-state index contributed by atoms with van der Waals surface area (Å²) in [4.78, 5) is 0.211. The van der Waals surface area contributed by atoms with Crippen LogP contribution in [0.3, 0.4) is 0 Å². The summed E-state index contributed by atoms with van der Waals surface area (Å²) >= 11 is 3.24. The van der Waals surface area contributed by atoms with Crippen molar-refractivity contribution in [1.82, 2.24) is 4.72 Å². The molecule has 112 valence electrons. The van der Waals surface area contributed by atoms with Crippen LogP contribution in [-0.2, 0) is 14.8 Å². The van der Waals surface area contributed by atoms with E-state index in [1.807, 2.05) is 0 Å². The predicted octanol–water partition coefficient (Wildman–Crippen LogP) is 2.13. The van der Waals surface area contributed by atoms with Crippen LogP contribution < -0.4 is 10.5 Å². The number of sulfonamides is 1. The molecule has 1 aliphatic heterocycles. The molecule has 2 rings (SSSR count). The van der Waals surface area contributed by atoms with Crippen molar-refractivity contribution in [2.24, 2.45) is 5.41 Å². The van der Waals surface area contributed by atoms with Crippen LogP contribution in [0.5, 0.6) is 0 Å². The van der Waals surface area contributed by atoms with Gasteiger partial charge in [0, 0.05) is 29.9 Å². The number of nitrogens with two attached hydrogens (primary N) is 1. The van der Waals surface area contributed by atoms with Gasteiger partial charge < -0.3 is 10.5 Å². The van der Waals surface area contributed by atoms with Crippen LogP contribution in [0.25, 0.3) is 0 Å². The molecule has 0 atom stereocenters. The van der Waals surface area contributed by atoms with Gasteiger partial charge in [0.15, 0.2) is 0 Å². The zero-order valence-corrected chi connectivity index (χ0v) is 13.8. The number of nitrogens with one attached hydrogen (secondary N) is 1. The van der Waals surface area contributed by atoms with E-state index in [1.54, 1.807) is 12.1 Å². The first-order valence-corrected chi connectivity index (χ1v) is 8.72. The third-order valence-corrected chi connectivity index (χ3v) is 6.01. The number of benzene rings is 1. The third-order valence-electron chi connectivity index (χ3n) is 3.63. The monoisotopic (exact) mass is 362 g/mol. The summed E-state index contributed by atoms with van der Waals surface area (Å²) in [5.41, 5.74) is 6.09. The number of rotatable bonds is 4. The van der Waals surface area contributed by atoms with Crippen LogP contribution in [0.4, 0.5) is 5.69 Å². The molecule has 0 radical (unpaired) electrons. The zero-order valence-electron chi connectivity index (χ0n) is 11.4. The van der Waals surface area contributed by atoms with Gasteiger partial charge in [0.2, 0.25) is 10.0 Å². The molecule has 0 spiro atoms. The van der Waals surface area contributed by atoms with Gasteiger partial charge in [-0.3, -0.25) is 0 Å². The van der Waals surface area contributed by atoms with Gasteiger partial charge in [-0.25, -0.2) is 13.1 Å². The summed E-state index contributed by atoms with van der Waals surface area (Å²) in [7, 11) is -3.54.